The van der Waals surface area contributed by atoms with Gasteiger partial charge in [-0.25, -0.2) is 0 Å². The van der Waals surface area contributed by atoms with Gasteiger partial charge in [-0.05, 0) is 50.3 Å². The van der Waals surface area contributed by atoms with E-state index in [4.69, 9.17) is 9.47 Å². The maximum absolute atomic E-state index is 11.8. The Morgan fingerprint density at radius 3 is 2.56 bits per heavy atom. The molecule has 2 aromatic carbocycles. The highest BCUT2D eigenvalue weighted by molar-refractivity contribution is 7.16. The minimum absolute atomic E-state index is 0.255. The van der Waals surface area contributed by atoms with Crippen molar-refractivity contribution in [2.24, 2.45) is 0 Å². The second kappa shape index (κ2) is 14.7. The average Bonchev–Trinajstić information content (AvgIpc) is 3.24. The zero-order valence-electron chi connectivity index (χ0n) is 19.5. The molecule has 184 valence electrons. The molecule has 34 heavy (non-hydrogen) atoms. The minimum atomic E-state index is -0.755. The highest BCUT2D eigenvalue weighted by Crippen LogP contribution is 2.31. The first-order chi connectivity index (χ1) is 16.7. The van der Waals surface area contributed by atoms with Gasteiger partial charge < -0.3 is 24.9 Å². The normalized spacial score (nSPS) is 12.1. The number of benzene rings is 2. The molecule has 0 spiro atoms. The summed E-state index contributed by atoms with van der Waals surface area (Å²) in [6, 6.07) is 13.8. The van der Waals surface area contributed by atoms with E-state index < -0.39 is 6.10 Å². The smallest absolute Gasteiger partial charge is 0.305 e. The number of ether oxygens (including phenoxy) is 2. The van der Waals surface area contributed by atoms with E-state index in [2.05, 4.69) is 34.6 Å². The first-order valence-corrected chi connectivity index (χ1v) is 12.8. The molecule has 0 saturated carbocycles. The molecule has 0 saturated heterocycles. The monoisotopic (exact) mass is 486 g/mol. The van der Waals surface area contributed by atoms with E-state index in [1.807, 2.05) is 6.07 Å². The van der Waals surface area contributed by atoms with Crippen molar-refractivity contribution >= 4 is 28.0 Å². The zero-order valence-corrected chi connectivity index (χ0v) is 20.3. The summed E-state index contributed by atoms with van der Waals surface area (Å²) in [5.74, 6) is 0.281. The molecule has 3 rings (SSSR count). The van der Waals surface area contributed by atoms with Crippen LogP contribution >= 0.6 is 11.3 Å². The van der Waals surface area contributed by atoms with Crippen LogP contribution in [0.2, 0.25) is 0 Å². The number of rotatable bonds is 17. The second-order valence-electron chi connectivity index (χ2n) is 8.27. The van der Waals surface area contributed by atoms with E-state index in [0.29, 0.717) is 28.8 Å². The van der Waals surface area contributed by atoms with Gasteiger partial charge in [0.15, 0.2) is 5.75 Å². The number of thiazole rings is 1. The molecule has 1 heterocycles. The number of hydrogen-bond acceptors (Lipinski definition) is 7. The van der Waals surface area contributed by atoms with Gasteiger partial charge in [-0.1, -0.05) is 60.6 Å². The summed E-state index contributed by atoms with van der Waals surface area (Å²) in [6.45, 7) is 3.17. The highest BCUT2D eigenvalue weighted by Gasteiger charge is 2.16. The van der Waals surface area contributed by atoms with Crippen molar-refractivity contribution in [1.29, 1.82) is 0 Å². The second-order valence-corrected chi connectivity index (χ2v) is 9.26. The van der Waals surface area contributed by atoms with E-state index in [0.717, 1.165) is 76.0 Å². The van der Waals surface area contributed by atoms with Crippen LogP contribution in [0.5, 0.6) is 5.75 Å². The standard InChI is InChI=1S/C26H34N2O5S/c29-19-33-23-14-13-21(25-24(23)28-26(31)34-25)22(30)18-27-15-7-1-2-8-16-32-17-9-6-12-20-10-4-3-5-11-20/h3-5,10-11,13-14,19,22,27,30H,1-2,6-9,12,15-18H2,(H,28,31). The van der Waals surface area contributed by atoms with Crippen LogP contribution in [-0.4, -0.2) is 42.9 Å². The van der Waals surface area contributed by atoms with E-state index >= 15 is 0 Å². The first kappa shape index (κ1) is 26.1. The predicted molar refractivity (Wildman–Crippen MR) is 136 cm³/mol. The third kappa shape index (κ3) is 8.36. The molecular formula is C26H34N2O5S. The number of aromatic amines is 1. The zero-order chi connectivity index (χ0) is 24.0. The number of aliphatic hydroxyl groups is 1. The Balaban J connectivity index is 1.22. The van der Waals surface area contributed by atoms with Gasteiger partial charge in [0.25, 0.3) is 6.47 Å². The van der Waals surface area contributed by atoms with Gasteiger partial charge in [-0.2, -0.15) is 0 Å². The van der Waals surface area contributed by atoms with E-state index in [1.165, 1.54) is 5.56 Å². The maximum Gasteiger partial charge on any atom is 0.305 e. The molecular weight excluding hydrogens is 452 g/mol. The lowest BCUT2D eigenvalue weighted by molar-refractivity contribution is -0.120. The van der Waals surface area contributed by atoms with Crippen LogP contribution in [0, 0.1) is 0 Å². The Morgan fingerprint density at radius 2 is 1.76 bits per heavy atom. The molecule has 0 amide bonds. The molecule has 0 radical (unpaired) electrons. The third-order valence-corrected chi connectivity index (χ3v) is 6.61. The molecule has 0 fully saturated rings. The number of hydrogen-bond donors (Lipinski definition) is 3. The van der Waals surface area contributed by atoms with Gasteiger partial charge >= 0.3 is 4.87 Å². The number of carbonyl (C=O) groups is 1. The Kier molecular flexibility index (Phi) is 11.3. The van der Waals surface area contributed by atoms with Crippen LogP contribution in [0.25, 0.3) is 10.2 Å². The van der Waals surface area contributed by atoms with E-state index in [9.17, 15) is 14.7 Å². The van der Waals surface area contributed by atoms with Crippen molar-refractivity contribution in [3.8, 4) is 5.75 Å². The van der Waals surface area contributed by atoms with Crippen molar-refractivity contribution < 1.29 is 19.4 Å². The lowest BCUT2D eigenvalue weighted by Crippen LogP contribution is -2.22. The van der Waals surface area contributed by atoms with Gasteiger partial charge in [-0.15, -0.1) is 0 Å². The molecule has 1 atom stereocenters. The number of nitrogens with one attached hydrogen (secondary N) is 2. The molecule has 1 aromatic heterocycles. The summed E-state index contributed by atoms with van der Waals surface area (Å²) in [7, 11) is 0. The van der Waals surface area contributed by atoms with Crippen molar-refractivity contribution in [3.63, 3.8) is 0 Å². The Bertz CT molecular complexity index is 1050. The SMILES string of the molecule is O=COc1ccc(C(O)CNCCCCCCOCCCCc2ccccc2)c2sc(=O)[nH]c12. The number of aliphatic hydroxyl groups excluding tert-OH is 1. The number of aryl methyl sites for hydroxylation is 1. The lowest BCUT2D eigenvalue weighted by atomic mass is 10.1. The summed E-state index contributed by atoms with van der Waals surface area (Å²) >= 11 is 1.00. The molecule has 3 N–H and O–H groups in total. The fourth-order valence-corrected chi connectivity index (χ4v) is 4.79. The summed E-state index contributed by atoms with van der Waals surface area (Å²) in [5.41, 5.74) is 2.47. The molecule has 3 aromatic rings. The molecule has 0 bridgehead atoms. The average molecular weight is 487 g/mol. The molecule has 0 aliphatic carbocycles. The van der Waals surface area contributed by atoms with Crippen molar-refractivity contribution in [1.82, 2.24) is 10.3 Å². The number of aromatic nitrogens is 1. The highest BCUT2D eigenvalue weighted by atomic mass is 32.1. The summed E-state index contributed by atoms with van der Waals surface area (Å²) < 4.78 is 11.3. The van der Waals surface area contributed by atoms with Crippen LogP contribution in [0.3, 0.4) is 0 Å². The van der Waals surface area contributed by atoms with E-state index in [-0.39, 0.29) is 10.6 Å². The predicted octanol–water partition coefficient (Wildman–Crippen LogP) is 4.35. The van der Waals surface area contributed by atoms with E-state index in [1.54, 1.807) is 12.1 Å². The van der Waals surface area contributed by atoms with Crippen LogP contribution < -0.4 is 14.9 Å². The quantitative estimate of drug-likeness (QED) is 0.194. The van der Waals surface area contributed by atoms with Gasteiger partial charge in [0, 0.05) is 25.3 Å². The Morgan fingerprint density at radius 1 is 1.00 bits per heavy atom. The largest absolute Gasteiger partial charge is 0.426 e. The third-order valence-electron chi connectivity index (χ3n) is 5.68. The Hall–Kier alpha value is -2.52. The van der Waals surface area contributed by atoms with Crippen LogP contribution in [0.15, 0.2) is 47.3 Å². The number of fused-ring (bicyclic) bond motifs is 1. The van der Waals surface area contributed by atoms with Crippen LogP contribution in [0.1, 0.15) is 55.8 Å². The van der Waals surface area contributed by atoms with Gasteiger partial charge in [-0.3, -0.25) is 9.59 Å². The maximum atomic E-state index is 11.8. The molecule has 0 aliphatic heterocycles. The van der Waals surface area contributed by atoms with Crippen LogP contribution in [-0.2, 0) is 16.0 Å². The molecule has 1 unspecified atom stereocenters. The van der Waals surface area contributed by atoms with Crippen molar-refractivity contribution in [2.75, 3.05) is 26.3 Å². The van der Waals surface area contributed by atoms with Crippen molar-refractivity contribution in [3.05, 3.63) is 63.3 Å². The molecule has 8 heteroatoms. The summed E-state index contributed by atoms with van der Waals surface area (Å²) in [4.78, 5) is 24.8. The fourth-order valence-electron chi connectivity index (χ4n) is 3.88. The first-order valence-electron chi connectivity index (χ1n) is 12.0. The van der Waals surface area contributed by atoms with Crippen molar-refractivity contribution in [2.45, 2.75) is 51.0 Å². The number of H-pyrrole nitrogens is 1. The van der Waals surface area contributed by atoms with Crippen LogP contribution in [0.4, 0.5) is 0 Å². The summed E-state index contributed by atoms with van der Waals surface area (Å²) in [5, 5.41) is 13.9. The number of carbonyl (C=O) groups excluding carboxylic acids is 1. The number of unbranched alkanes of at least 4 members (excludes halogenated alkanes) is 4. The van der Waals surface area contributed by atoms with Gasteiger partial charge in [0.2, 0.25) is 0 Å². The topological polar surface area (TPSA) is 101 Å². The lowest BCUT2D eigenvalue weighted by Gasteiger charge is -2.14. The minimum Gasteiger partial charge on any atom is -0.426 e. The molecule has 7 nitrogen and oxygen atoms in total. The fraction of sp³-hybridized carbons (Fsp3) is 0.462. The Labute approximate surface area is 204 Å². The van der Waals surface area contributed by atoms with Gasteiger partial charge in [0.1, 0.15) is 5.52 Å². The summed E-state index contributed by atoms with van der Waals surface area (Å²) in [6.07, 6.45) is 6.96. The van der Waals surface area contributed by atoms with Gasteiger partial charge in [0.05, 0.1) is 10.8 Å². The molecule has 0 aliphatic rings.